The summed E-state index contributed by atoms with van der Waals surface area (Å²) in [6.45, 7) is 3.37. The topological polar surface area (TPSA) is 15.7 Å². The molecule has 1 fully saturated rings. The molecular weight excluding hydrogens is 394 g/mol. The van der Waals surface area contributed by atoms with Crippen molar-refractivity contribution >= 4 is 11.4 Å². The van der Waals surface area contributed by atoms with Crippen molar-refractivity contribution in [2.45, 2.75) is 6.36 Å². The molecule has 125 valence electrons. The van der Waals surface area contributed by atoms with Gasteiger partial charge in [-0.1, -0.05) is 5.69 Å². The van der Waals surface area contributed by atoms with Gasteiger partial charge in [-0.25, -0.2) is 0 Å². The summed E-state index contributed by atoms with van der Waals surface area (Å²) in [7, 11) is 0. The Labute approximate surface area is 164 Å². The standard InChI is InChI=1S/C17H16F3N2O.Y/c18-17(19,20)23-16-8-6-15(7-9-16)22-12-10-21(11-13-22)14-4-2-1-3-5-14;/h2-9H,10-13H2;/q-1;. The molecule has 0 unspecified atom stereocenters. The number of halogens is 3. The molecule has 0 spiro atoms. The summed E-state index contributed by atoms with van der Waals surface area (Å²) in [4.78, 5) is 4.44. The van der Waals surface area contributed by atoms with Crippen molar-refractivity contribution in [1.29, 1.82) is 0 Å². The van der Waals surface area contributed by atoms with Gasteiger partial charge in [0, 0.05) is 64.6 Å². The van der Waals surface area contributed by atoms with E-state index in [2.05, 4.69) is 20.6 Å². The minimum atomic E-state index is -4.65. The molecule has 1 aliphatic rings. The molecule has 2 aromatic rings. The molecule has 1 radical (unpaired) electrons. The van der Waals surface area contributed by atoms with Gasteiger partial charge in [0.15, 0.2) is 0 Å². The van der Waals surface area contributed by atoms with Crippen molar-refractivity contribution in [2.75, 3.05) is 36.0 Å². The van der Waals surface area contributed by atoms with Crippen LogP contribution in [0.4, 0.5) is 24.5 Å². The normalized spacial score (nSPS) is 15.0. The number of anilines is 2. The Kier molecular flexibility index (Phi) is 6.52. The Morgan fingerprint density at radius 2 is 1.25 bits per heavy atom. The van der Waals surface area contributed by atoms with Crippen LogP contribution in [0.5, 0.6) is 5.75 Å². The SMILES string of the molecule is FC(F)(F)Oc1ccc(N2CCN(c3cc[c-]cc3)CC2)cc1.[Y]. The van der Waals surface area contributed by atoms with E-state index in [4.69, 9.17) is 0 Å². The number of nitrogens with zero attached hydrogens (tertiary/aromatic N) is 2. The van der Waals surface area contributed by atoms with Crippen LogP contribution < -0.4 is 14.5 Å². The smallest absolute Gasteiger partial charge is 0.406 e. The first-order chi connectivity index (χ1) is 11.0. The first-order valence-electron chi connectivity index (χ1n) is 7.33. The number of ether oxygens (including phenoxy) is 1. The quantitative estimate of drug-likeness (QED) is 0.718. The molecule has 0 saturated carbocycles. The second-order valence-corrected chi connectivity index (χ2v) is 5.27. The van der Waals surface area contributed by atoms with Crippen LogP contribution in [-0.2, 0) is 32.7 Å². The minimum absolute atomic E-state index is 0. The molecule has 0 atom stereocenters. The molecule has 3 nitrogen and oxygen atoms in total. The number of benzene rings is 2. The Morgan fingerprint density at radius 1 is 0.792 bits per heavy atom. The van der Waals surface area contributed by atoms with E-state index in [-0.39, 0.29) is 38.5 Å². The molecule has 0 aliphatic carbocycles. The molecule has 1 heterocycles. The van der Waals surface area contributed by atoms with E-state index in [9.17, 15) is 13.2 Å². The van der Waals surface area contributed by atoms with Crippen LogP contribution >= 0.6 is 0 Å². The fraction of sp³-hybridized carbons (Fsp3) is 0.294. The molecule has 24 heavy (non-hydrogen) atoms. The maximum absolute atomic E-state index is 12.2. The number of hydrogen-bond donors (Lipinski definition) is 0. The Hall–Kier alpha value is -1.27. The Morgan fingerprint density at radius 3 is 1.71 bits per heavy atom. The average Bonchev–Trinajstić information content (AvgIpc) is 2.55. The van der Waals surface area contributed by atoms with Crippen LogP contribution in [0.25, 0.3) is 0 Å². The van der Waals surface area contributed by atoms with E-state index in [0.717, 1.165) is 37.6 Å². The predicted octanol–water partition coefficient (Wildman–Crippen LogP) is 3.71. The second kappa shape index (κ2) is 8.21. The summed E-state index contributed by atoms with van der Waals surface area (Å²) in [6, 6.07) is 16.9. The summed E-state index contributed by atoms with van der Waals surface area (Å²) in [5.74, 6) is -0.194. The van der Waals surface area contributed by atoms with Gasteiger partial charge in [0.2, 0.25) is 0 Å². The number of alkyl halides is 3. The van der Waals surface area contributed by atoms with E-state index in [1.165, 1.54) is 12.1 Å². The van der Waals surface area contributed by atoms with Crippen LogP contribution in [0, 0.1) is 6.07 Å². The maximum atomic E-state index is 12.2. The molecule has 7 heteroatoms. The molecule has 2 aromatic carbocycles. The van der Waals surface area contributed by atoms with E-state index >= 15 is 0 Å². The molecule has 3 rings (SSSR count). The molecular formula is C17H16F3N2OY-. The summed E-state index contributed by atoms with van der Waals surface area (Å²) in [5.41, 5.74) is 2.07. The zero-order chi connectivity index (χ0) is 16.3. The third kappa shape index (κ3) is 5.11. The molecule has 0 aromatic heterocycles. The van der Waals surface area contributed by atoms with Crippen LogP contribution in [-0.4, -0.2) is 32.5 Å². The second-order valence-electron chi connectivity index (χ2n) is 5.27. The molecule has 0 bridgehead atoms. The van der Waals surface area contributed by atoms with Gasteiger partial charge in [0.05, 0.1) is 0 Å². The summed E-state index contributed by atoms with van der Waals surface area (Å²) in [6.07, 6.45) is -4.65. The van der Waals surface area contributed by atoms with Gasteiger partial charge in [0.1, 0.15) is 5.75 Å². The van der Waals surface area contributed by atoms with Gasteiger partial charge in [0.25, 0.3) is 0 Å². The van der Waals surface area contributed by atoms with Crippen LogP contribution in [0.2, 0.25) is 0 Å². The zero-order valence-corrected chi connectivity index (χ0v) is 15.8. The van der Waals surface area contributed by atoms with Gasteiger partial charge >= 0.3 is 6.36 Å². The van der Waals surface area contributed by atoms with Gasteiger partial charge in [-0.3, -0.25) is 0 Å². The minimum Gasteiger partial charge on any atom is -0.406 e. The molecule has 1 saturated heterocycles. The van der Waals surface area contributed by atoms with E-state index in [1.54, 1.807) is 12.1 Å². The van der Waals surface area contributed by atoms with Crippen molar-refractivity contribution in [3.05, 3.63) is 54.6 Å². The van der Waals surface area contributed by atoms with Crippen molar-refractivity contribution in [3.63, 3.8) is 0 Å². The largest absolute Gasteiger partial charge is 0.573 e. The Balaban J connectivity index is 0.00000208. The van der Waals surface area contributed by atoms with Crippen LogP contribution in [0.3, 0.4) is 0 Å². The Bertz CT molecular complexity index is 627. The fourth-order valence-corrected chi connectivity index (χ4v) is 2.67. The molecule has 1 aliphatic heterocycles. The first kappa shape index (κ1) is 19.1. The molecule has 0 N–H and O–H groups in total. The average molecular weight is 410 g/mol. The third-order valence-corrected chi connectivity index (χ3v) is 3.78. The van der Waals surface area contributed by atoms with E-state index in [0.29, 0.717) is 0 Å². The molecule has 0 amide bonds. The number of hydrogen-bond acceptors (Lipinski definition) is 3. The predicted molar refractivity (Wildman–Crippen MR) is 82.8 cm³/mol. The van der Waals surface area contributed by atoms with Gasteiger partial charge in [-0.2, -0.15) is 18.2 Å². The monoisotopic (exact) mass is 410 g/mol. The number of piperazine rings is 1. The van der Waals surface area contributed by atoms with Crippen molar-refractivity contribution < 1.29 is 50.6 Å². The fourth-order valence-electron chi connectivity index (χ4n) is 2.67. The zero-order valence-electron chi connectivity index (χ0n) is 13.0. The summed E-state index contributed by atoms with van der Waals surface area (Å²) < 4.78 is 40.4. The van der Waals surface area contributed by atoms with Gasteiger partial charge < -0.3 is 14.5 Å². The summed E-state index contributed by atoms with van der Waals surface area (Å²) in [5, 5.41) is 0. The van der Waals surface area contributed by atoms with Crippen molar-refractivity contribution in [1.82, 2.24) is 0 Å². The maximum Gasteiger partial charge on any atom is 0.573 e. The van der Waals surface area contributed by atoms with Gasteiger partial charge in [-0.05, 0) is 24.3 Å². The van der Waals surface area contributed by atoms with Crippen LogP contribution in [0.15, 0.2) is 48.5 Å². The third-order valence-electron chi connectivity index (χ3n) is 3.78. The van der Waals surface area contributed by atoms with Crippen LogP contribution in [0.1, 0.15) is 0 Å². The van der Waals surface area contributed by atoms with E-state index < -0.39 is 6.36 Å². The first-order valence-corrected chi connectivity index (χ1v) is 7.33. The van der Waals surface area contributed by atoms with E-state index in [1.807, 2.05) is 24.3 Å². The van der Waals surface area contributed by atoms with Crippen molar-refractivity contribution in [2.24, 2.45) is 0 Å². The van der Waals surface area contributed by atoms with Gasteiger partial charge in [-0.15, -0.1) is 25.3 Å². The number of rotatable bonds is 3. The summed E-state index contributed by atoms with van der Waals surface area (Å²) >= 11 is 0. The van der Waals surface area contributed by atoms with Crippen molar-refractivity contribution in [3.8, 4) is 5.75 Å².